The molecule has 1 aliphatic carbocycles. The quantitative estimate of drug-likeness (QED) is 0.748. The molecule has 0 amide bonds. The van der Waals surface area contributed by atoms with E-state index in [0.717, 1.165) is 38.1 Å². The molecule has 3 heteroatoms. The van der Waals surface area contributed by atoms with Gasteiger partial charge in [-0.1, -0.05) is 13.8 Å². The van der Waals surface area contributed by atoms with Gasteiger partial charge in [-0.05, 0) is 31.7 Å². The Hall–Kier alpha value is -0.410. The Morgan fingerprint density at radius 3 is 2.39 bits per heavy atom. The number of piperazine rings is 1. The second-order valence-corrected chi connectivity index (χ2v) is 6.38. The lowest BCUT2D eigenvalue weighted by molar-refractivity contribution is -0.120. The third-order valence-corrected chi connectivity index (χ3v) is 4.31. The first-order valence-electron chi connectivity index (χ1n) is 7.62. The van der Waals surface area contributed by atoms with Gasteiger partial charge in [0, 0.05) is 45.1 Å². The molecule has 0 N–H and O–H groups in total. The van der Waals surface area contributed by atoms with Crippen LogP contribution in [0.25, 0.3) is 0 Å². The van der Waals surface area contributed by atoms with Gasteiger partial charge in [0.2, 0.25) is 0 Å². The molecular weight excluding hydrogens is 224 g/mol. The Kier molecular flexibility index (Phi) is 5.19. The smallest absolute Gasteiger partial charge is 0.136 e. The van der Waals surface area contributed by atoms with Crippen LogP contribution in [0.2, 0.25) is 0 Å². The molecule has 3 nitrogen and oxygen atoms in total. The van der Waals surface area contributed by atoms with E-state index in [-0.39, 0.29) is 0 Å². The Morgan fingerprint density at radius 2 is 1.83 bits per heavy atom. The summed E-state index contributed by atoms with van der Waals surface area (Å²) in [4.78, 5) is 16.7. The Balaban J connectivity index is 1.63. The number of hydrogen-bond donors (Lipinski definition) is 0. The first kappa shape index (κ1) is 14.0. The van der Waals surface area contributed by atoms with Crippen molar-refractivity contribution in [2.45, 2.75) is 39.5 Å². The number of carbonyl (C=O) groups excluding carboxylic acids is 1. The van der Waals surface area contributed by atoms with Crippen LogP contribution in [0.15, 0.2) is 0 Å². The largest absolute Gasteiger partial charge is 0.301 e. The fourth-order valence-electron chi connectivity index (χ4n) is 3.24. The van der Waals surface area contributed by atoms with Crippen molar-refractivity contribution in [1.82, 2.24) is 9.80 Å². The van der Waals surface area contributed by atoms with Crippen LogP contribution in [0.1, 0.15) is 39.5 Å². The Labute approximate surface area is 112 Å². The summed E-state index contributed by atoms with van der Waals surface area (Å²) in [5, 5.41) is 0. The van der Waals surface area contributed by atoms with Crippen molar-refractivity contribution in [2.24, 2.45) is 11.8 Å². The van der Waals surface area contributed by atoms with Gasteiger partial charge in [-0.3, -0.25) is 4.79 Å². The molecule has 0 spiro atoms. The van der Waals surface area contributed by atoms with Crippen molar-refractivity contribution in [3.63, 3.8) is 0 Å². The molecule has 2 rings (SSSR count). The highest BCUT2D eigenvalue weighted by atomic mass is 16.1. The molecule has 0 radical (unpaired) electrons. The summed E-state index contributed by atoms with van der Waals surface area (Å²) < 4.78 is 0. The van der Waals surface area contributed by atoms with Gasteiger partial charge in [0.25, 0.3) is 0 Å². The second kappa shape index (κ2) is 6.67. The number of Topliss-reactive ketones (excluding diaryl/α,β-unsaturated/α-hetero) is 1. The summed E-state index contributed by atoms with van der Waals surface area (Å²) in [6.45, 7) is 11.7. The average molecular weight is 252 g/mol. The van der Waals surface area contributed by atoms with Crippen molar-refractivity contribution < 1.29 is 4.79 Å². The minimum atomic E-state index is 0.388. The van der Waals surface area contributed by atoms with Gasteiger partial charge < -0.3 is 9.80 Å². The summed E-state index contributed by atoms with van der Waals surface area (Å²) in [6, 6.07) is 0. The van der Waals surface area contributed by atoms with Crippen LogP contribution < -0.4 is 0 Å². The summed E-state index contributed by atoms with van der Waals surface area (Å²) >= 11 is 0. The van der Waals surface area contributed by atoms with Gasteiger partial charge in [0.05, 0.1) is 0 Å². The van der Waals surface area contributed by atoms with Crippen molar-refractivity contribution in [1.29, 1.82) is 0 Å². The van der Waals surface area contributed by atoms with Crippen LogP contribution in [0.4, 0.5) is 0 Å². The Bertz CT molecular complexity index is 270. The van der Waals surface area contributed by atoms with E-state index in [1.165, 1.54) is 32.7 Å². The molecule has 1 saturated carbocycles. The molecule has 0 bridgehead atoms. The SMILES string of the molecule is CC(C)CN1CCN(CCC2CCCC2=O)CC1. The molecule has 1 heterocycles. The predicted octanol–water partition coefficient (Wildman–Crippen LogP) is 2.02. The van der Waals surface area contributed by atoms with E-state index in [1.54, 1.807) is 0 Å². The maximum atomic E-state index is 11.6. The zero-order valence-electron chi connectivity index (χ0n) is 12.0. The maximum absolute atomic E-state index is 11.6. The van der Waals surface area contributed by atoms with Gasteiger partial charge in [-0.15, -0.1) is 0 Å². The van der Waals surface area contributed by atoms with Crippen molar-refractivity contribution in [3.05, 3.63) is 0 Å². The monoisotopic (exact) mass is 252 g/mol. The van der Waals surface area contributed by atoms with E-state index in [0.29, 0.717) is 11.7 Å². The van der Waals surface area contributed by atoms with Crippen molar-refractivity contribution >= 4 is 5.78 Å². The van der Waals surface area contributed by atoms with Gasteiger partial charge >= 0.3 is 0 Å². The lowest BCUT2D eigenvalue weighted by Crippen LogP contribution is -2.47. The lowest BCUT2D eigenvalue weighted by atomic mass is 10.0. The van der Waals surface area contributed by atoms with E-state index in [4.69, 9.17) is 0 Å². The average Bonchev–Trinajstić information content (AvgIpc) is 2.73. The van der Waals surface area contributed by atoms with Crippen LogP contribution in [-0.2, 0) is 4.79 Å². The van der Waals surface area contributed by atoms with E-state index in [1.807, 2.05) is 0 Å². The predicted molar refractivity (Wildman–Crippen MR) is 74.7 cm³/mol. The van der Waals surface area contributed by atoms with Crippen molar-refractivity contribution in [2.75, 3.05) is 39.3 Å². The zero-order valence-corrected chi connectivity index (χ0v) is 12.0. The summed E-state index contributed by atoms with van der Waals surface area (Å²) in [5.41, 5.74) is 0. The van der Waals surface area contributed by atoms with Gasteiger partial charge in [-0.25, -0.2) is 0 Å². The highest BCUT2D eigenvalue weighted by Gasteiger charge is 2.25. The normalized spacial score (nSPS) is 27.3. The first-order valence-corrected chi connectivity index (χ1v) is 7.62. The number of hydrogen-bond acceptors (Lipinski definition) is 3. The first-order chi connectivity index (χ1) is 8.65. The van der Waals surface area contributed by atoms with Gasteiger partial charge in [-0.2, -0.15) is 0 Å². The standard InChI is InChI=1S/C15H28N2O/c1-13(2)12-17-10-8-16(9-11-17)7-6-14-4-3-5-15(14)18/h13-14H,3-12H2,1-2H3. The zero-order chi connectivity index (χ0) is 13.0. The van der Waals surface area contributed by atoms with Crippen LogP contribution in [0.5, 0.6) is 0 Å². The highest BCUT2D eigenvalue weighted by molar-refractivity contribution is 5.82. The molecule has 1 aliphatic heterocycles. The summed E-state index contributed by atoms with van der Waals surface area (Å²) in [6.07, 6.45) is 4.22. The number of carbonyl (C=O) groups is 1. The Morgan fingerprint density at radius 1 is 1.17 bits per heavy atom. The minimum absolute atomic E-state index is 0.388. The molecule has 1 saturated heterocycles. The van der Waals surface area contributed by atoms with Crippen LogP contribution in [0.3, 0.4) is 0 Å². The fourth-order valence-corrected chi connectivity index (χ4v) is 3.24. The van der Waals surface area contributed by atoms with Gasteiger partial charge in [0.1, 0.15) is 5.78 Å². The molecular formula is C15H28N2O. The van der Waals surface area contributed by atoms with E-state index in [2.05, 4.69) is 23.6 Å². The molecule has 0 aromatic rings. The van der Waals surface area contributed by atoms with Gasteiger partial charge in [0.15, 0.2) is 0 Å². The van der Waals surface area contributed by atoms with Crippen molar-refractivity contribution in [3.8, 4) is 0 Å². The highest BCUT2D eigenvalue weighted by Crippen LogP contribution is 2.24. The third kappa shape index (κ3) is 4.06. The summed E-state index contributed by atoms with van der Waals surface area (Å²) in [7, 11) is 0. The van der Waals surface area contributed by atoms with E-state index >= 15 is 0 Å². The van der Waals surface area contributed by atoms with Crippen LogP contribution in [-0.4, -0.2) is 54.9 Å². The number of ketones is 1. The van der Waals surface area contributed by atoms with E-state index in [9.17, 15) is 4.79 Å². The molecule has 2 aliphatic rings. The number of rotatable bonds is 5. The second-order valence-electron chi connectivity index (χ2n) is 6.38. The molecule has 104 valence electrons. The molecule has 0 aromatic carbocycles. The molecule has 2 fully saturated rings. The molecule has 0 aromatic heterocycles. The van der Waals surface area contributed by atoms with E-state index < -0.39 is 0 Å². The topological polar surface area (TPSA) is 23.6 Å². The molecule has 1 atom stereocenters. The summed E-state index contributed by atoms with van der Waals surface area (Å²) in [5.74, 6) is 1.68. The third-order valence-electron chi connectivity index (χ3n) is 4.31. The lowest BCUT2D eigenvalue weighted by Gasteiger charge is -2.35. The van der Waals surface area contributed by atoms with Crippen LogP contribution in [0, 0.1) is 11.8 Å². The molecule has 1 unspecified atom stereocenters. The maximum Gasteiger partial charge on any atom is 0.136 e. The minimum Gasteiger partial charge on any atom is -0.301 e. The number of nitrogens with zero attached hydrogens (tertiary/aromatic N) is 2. The van der Waals surface area contributed by atoms with Crippen LogP contribution >= 0.6 is 0 Å². The molecule has 18 heavy (non-hydrogen) atoms. The fraction of sp³-hybridized carbons (Fsp3) is 0.933.